The first-order valence-electron chi connectivity index (χ1n) is 6.28. The van der Waals surface area contributed by atoms with Gasteiger partial charge >= 0.3 is 5.97 Å². The largest absolute Gasteiger partial charge is 0.496 e. The van der Waals surface area contributed by atoms with Crippen molar-refractivity contribution in [3.63, 3.8) is 0 Å². The van der Waals surface area contributed by atoms with E-state index in [-0.39, 0.29) is 0 Å². The third-order valence-corrected chi connectivity index (χ3v) is 4.13. The predicted octanol–water partition coefficient (Wildman–Crippen LogP) is 4.23. The average Bonchev–Trinajstić information content (AvgIpc) is 2.30. The van der Waals surface area contributed by atoms with Crippen LogP contribution in [0.25, 0.3) is 0 Å². The second kappa shape index (κ2) is 5.95. The van der Waals surface area contributed by atoms with Crippen LogP contribution in [0.4, 0.5) is 0 Å². The van der Waals surface area contributed by atoms with Crippen molar-refractivity contribution in [2.45, 2.75) is 40.0 Å². The molecule has 19 heavy (non-hydrogen) atoms. The monoisotopic (exact) mass is 328 g/mol. The Labute approximate surface area is 123 Å². The summed E-state index contributed by atoms with van der Waals surface area (Å²) in [5.41, 5.74) is 1.31. The molecule has 0 heterocycles. The molecule has 1 aromatic carbocycles. The Hall–Kier alpha value is -1.03. The number of hydrogen-bond donors (Lipinski definition) is 1. The van der Waals surface area contributed by atoms with Gasteiger partial charge in [0.05, 0.1) is 17.0 Å². The van der Waals surface area contributed by atoms with E-state index in [2.05, 4.69) is 35.8 Å². The maximum atomic E-state index is 11.3. The minimum absolute atomic E-state index is 0.369. The number of rotatable bonds is 5. The Morgan fingerprint density at radius 1 is 1.42 bits per heavy atom. The van der Waals surface area contributed by atoms with Gasteiger partial charge in [-0.25, -0.2) is 0 Å². The summed E-state index contributed by atoms with van der Waals surface area (Å²) in [5, 5.41) is 9.25. The standard InChI is InChI=1S/C15H21BrO3/c1-9(2)10-6-11(8-15(3,4)14(17)18)13(16)12(7-10)19-5/h6-7,9H,8H2,1-5H3,(H,17,18). The van der Waals surface area contributed by atoms with E-state index < -0.39 is 11.4 Å². The highest BCUT2D eigenvalue weighted by molar-refractivity contribution is 9.10. The first-order valence-corrected chi connectivity index (χ1v) is 7.08. The summed E-state index contributed by atoms with van der Waals surface area (Å²) in [6, 6.07) is 4.05. The molecule has 0 atom stereocenters. The van der Waals surface area contributed by atoms with Gasteiger partial charge < -0.3 is 9.84 Å². The second-order valence-electron chi connectivity index (χ2n) is 5.72. The maximum Gasteiger partial charge on any atom is 0.309 e. The lowest BCUT2D eigenvalue weighted by molar-refractivity contribution is -0.146. The van der Waals surface area contributed by atoms with Gasteiger partial charge in [0.1, 0.15) is 5.75 Å². The summed E-state index contributed by atoms with van der Waals surface area (Å²) in [4.78, 5) is 11.3. The molecule has 0 aliphatic carbocycles. The summed E-state index contributed by atoms with van der Waals surface area (Å²) in [6.07, 6.45) is 0.458. The molecule has 0 saturated carbocycles. The smallest absolute Gasteiger partial charge is 0.309 e. The molecule has 0 radical (unpaired) electrons. The van der Waals surface area contributed by atoms with Gasteiger partial charge in [0.25, 0.3) is 0 Å². The summed E-state index contributed by atoms with van der Waals surface area (Å²) in [6.45, 7) is 7.68. The van der Waals surface area contributed by atoms with E-state index in [1.54, 1.807) is 21.0 Å². The van der Waals surface area contributed by atoms with Gasteiger partial charge in [-0.05, 0) is 59.3 Å². The Kier molecular flexibility index (Phi) is 5.02. The van der Waals surface area contributed by atoms with Crippen molar-refractivity contribution in [3.8, 4) is 5.75 Å². The van der Waals surface area contributed by atoms with Crippen molar-refractivity contribution in [1.82, 2.24) is 0 Å². The molecule has 0 spiro atoms. The molecule has 3 nitrogen and oxygen atoms in total. The van der Waals surface area contributed by atoms with Crippen LogP contribution in [0.3, 0.4) is 0 Å². The van der Waals surface area contributed by atoms with E-state index in [4.69, 9.17) is 4.74 Å². The third-order valence-electron chi connectivity index (χ3n) is 3.23. The van der Waals surface area contributed by atoms with Crippen LogP contribution < -0.4 is 4.74 Å². The van der Waals surface area contributed by atoms with Gasteiger partial charge in [-0.1, -0.05) is 19.9 Å². The van der Waals surface area contributed by atoms with Crippen molar-refractivity contribution in [2.75, 3.05) is 7.11 Å². The number of ether oxygens (including phenoxy) is 1. The van der Waals surface area contributed by atoms with Crippen LogP contribution >= 0.6 is 15.9 Å². The topological polar surface area (TPSA) is 46.5 Å². The number of carboxylic acid groups (broad SMARTS) is 1. The zero-order valence-corrected chi connectivity index (χ0v) is 13.7. The fraction of sp³-hybridized carbons (Fsp3) is 0.533. The summed E-state index contributed by atoms with van der Waals surface area (Å²) >= 11 is 3.51. The quantitative estimate of drug-likeness (QED) is 0.879. The third kappa shape index (κ3) is 3.72. The van der Waals surface area contributed by atoms with Gasteiger partial charge in [-0.15, -0.1) is 0 Å². The van der Waals surface area contributed by atoms with Gasteiger partial charge in [0, 0.05) is 0 Å². The average molecular weight is 329 g/mol. The predicted molar refractivity (Wildman–Crippen MR) is 79.9 cm³/mol. The van der Waals surface area contributed by atoms with Crippen LogP contribution in [-0.2, 0) is 11.2 Å². The van der Waals surface area contributed by atoms with Crippen LogP contribution in [0.2, 0.25) is 0 Å². The van der Waals surface area contributed by atoms with Gasteiger partial charge in [-0.3, -0.25) is 4.79 Å². The number of methoxy groups -OCH3 is 1. The summed E-state index contributed by atoms with van der Waals surface area (Å²) < 4.78 is 6.20. The molecular weight excluding hydrogens is 308 g/mol. The van der Waals surface area contributed by atoms with Crippen molar-refractivity contribution in [3.05, 3.63) is 27.7 Å². The SMILES string of the molecule is COc1cc(C(C)C)cc(CC(C)(C)C(=O)O)c1Br. The van der Waals surface area contributed by atoms with E-state index in [0.717, 1.165) is 21.3 Å². The fourth-order valence-corrected chi connectivity index (χ4v) is 2.37. The second-order valence-corrected chi connectivity index (χ2v) is 6.51. The van der Waals surface area contributed by atoms with Crippen molar-refractivity contribution in [1.29, 1.82) is 0 Å². The molecule has 1 aromatic rings. The van der Waals surface area contributed by atoms with E-state index in [1.165, 1.54) is 0 Å². The normalized spacial score (nSPS) is 11.7. The van der Waals surface area contributed by atoms with Crippen LogP contribution in [0.5, 0.6) is 5.75 Å². The lowest BCUT2D eigenvalue weighted by Crippen LogP contribution is -2.26. The molecule has 106 valence electrons. The minimum atomic E-state index is -0.802. The fourth-order valence-electron chi connectivity index (χ4n) is 1.84. The minimum Gasteiger partial charge on any atom is -0.496 e. The van der Waals surface area contributed by atoms with Gasteiger partial charge in [0.15, 0.2) is 0 Å². The number of hydrogen-bond acceptors (Lipinski definition) is 2. The van der Waals surface area contributed by atoms with Crippen LogP contribution in [-0.4, -0.2) is 18.2 Å². The molecule has 1 N–H and O–H groups in total. The Bertz CT molecular complexity index is 479. The Morgan fingerprint density at radius 2 is 2.00 bits per heavy atom. The van der Waals surface area contributed by atoms with Gasteiger partial charge in [-0.2, -0.15) is 0 Å². The Morgan fingerprint density at radius 3 is 2.42 bits per heavy atom. The van der Waals surface area contributed by atoms with Crippen LogP contribution in [0, 0.1) is 5.41 Å². The number of benzene rings is 1. The molecule has 0 amide bonds. The van der Waals surface area contributed by atoms with Gasteiger partial charge in [0.2, 0.25) is 0 Å². The highest BCUT2D eigenvalue weighted by Crippen LogP contribution is 2.36. The molecular formula is C15H21BrO3. The zero-order valence-electron chi connectivity index (χ0n) is 12.1. The van der Waals surface area contributed by atoms with E-state index in [0.29, 0.717) is 12.3 Å². The molecule has 0 aliphatic heterocycles. The molecule has 4 heteroatoms. The summed E-state index contributed by atoms with van der Waals surface area (Å²) in [5.74, 6) is 0.324. The van der Waals surface area contributed by atoms with E-state index in [1.807, 2.05) is 6.07 Å². The molecule has 1 rings (SSSR count). The molecule has 0 fully saturated rings. The lowest BCUT2D eigenvalue weighted by atomic mass is 9.85. The molecule has 0 aromatic heterocycles. The first-order chi connectivity index (χ1) is 8.69. The van der Waals surface area contributed by atoms with Crippen molar-refractivity contribution >= 4 is 21.9 Å². The molecule has 0 aliphatic rings. The number of halogens is 1. The number of carboxylic acids is 1. The highest BCUT2D eigenvalue weighted by Gasteiger charge is 2.29. The first kappa shape index (κ1) is 16.0. The number of aliphatic carboxylic acids is 1. The van der Waals surface area contributed by atoms with Crippen LogP contribution in [0.15, 0.2) is 16.6 Å². The van der Waals surface area contributed by atoms with Crippen LogP contribution in [0.1, 0.15) is 44.7 Å². The molecule has 0 unspecified atom stereocenters. The number of carbonyl (C=O) groups is 1. The lowest BCUT2D eigenvalue weighted by Gasteiger charge is -2.22. The highest BCUT2D eigenvalue weighted by atomic mass is 79.9. The molecule has 0 saturated heterocycles. The molecule has 0 bridgehead atoms. The van der Waals surface area contributed by atoms with E-state index in [9.17, 15) is 9.90 Å². The van der Waals surface area contributed by atoms with Crippen molar-refractivity contribution < 1.29 is 14.6 Å². The van der Waals surface area contributed by atoms with Crippen molar-refractivity contribution in [2.24, 2.45) is 5.41 Å². The maximum absolute atomic E-state index is 11.3. The zero-order chi connectivity index (χ0) is 14.8. The Balaban J connectivity index is 3.26. The van der Waals surface area contributed by atoms with E-state index >= 15 is 0 Å². The summed E-state index contributed by atoms with van der Waals surface area (Å²) in [7, 11) is 1.62.